The van der Waals surface area contributed by atoms with Crippen molar-refractivity contribution in [3.8, 4) is 0 Å². The van der Waals surface area contributed by atoms with E-state index in [1.54, 1.807) is 0 Å². The van der Waals surface area contributed by atoms with Gasteiger partial charge in [-0.1, -0.05) is 237 Å². The van der Waals surface area contributed by atoms with Crippen LogP contribution in [-0.2, 0) is 32.7 Å². The van der Waals surface area contributed by atoms with Gasteiger partial charge in [0.15, 0.2) is 6.10 Å². The molecular formula is C53H102NO8P. The zero-order valence-electron chi connectivity index (χ0n) is 41.3. The van der Waals surface area contributed by atoms with Gasteiger partial charge < -0.3 is 20.1 Å². The summed E-state index contributed by atoms with van der Waals surface area (Å²) in [6, 6.07) is 0. The number of esters is 2. The van der Waals surface area contributed by atoms with Crippen molar-refractivity contribution in [1.29, 1.82) is 0 Å². The molecule has 0 rings (SSSR count). The van der Waals surface area contributed by atoms with Gasteiger partial charge in [-0.25, -0.2) is 4.57 Å². The summed E-state index contributed by atoms with van der Waals surface area (Å²) in [4.78, 5) is 35.1. The minimum atomic E-state index is -4.39. The van der Waals surface area contributed by atoms with Crippen molar-refractivity contribution >= 4 is 19.8 Å². The molecule has 0 fully saturated rings. The highest BCUT2D eigenvalue weighted by molar-refractivity contribution is 7.47. The Morgan fingerprint density at radius 3 is 1.22 bits per heavy atom. The molecule has 0 saturated heterocycles. The molecule has 10 heteroatoms. The third-order valence-corrected chi connectivity index (χ3v) is 12.8. The molecule has 0 aromatic heterocycles. The summed E-state index contributed by atoms with van der Waals surface area (Å²) in [7, 11) is -4.39. The molecule has 0 saturated carbocycles. The van der Waals surface area contributed by atoms with Gasteiger partial charge in [-0.2, -0.15) is 0 Å². The Labute approximate surface area is 389 Å². The topological polar surface area (TPSA) is 134 Å². The summed E-state index contributed by atoms with van der Waals surface area (Å²) < 4.78 is 32.9. The molecule has 1 unspecified atom stereocenters. The summed E-state index contributed by atoms with van der Waals surface area (Å²) in [5.41, 5.74) is 5.37. The van der Waals surface area contributed by atoms with Gasteiger partial charge in [0.2, 0.25) is 0 Å². The van der Waals surface area contributed by atoms with Crippen LogP contribution in [0.4, 0.5) is 0 Å². The lowest BCUT2D eigenvalue weighted by atomic mass is 10.0. The Morgan fingerprint density at radius 2 is 0.810 bits per heavy atom. The van der Waals surface area contributed by atoms with Crippen LogP contribution in [0.25, 0.3) is 0 Å². The highest BCUT2D eigenvalue weighted by Crippen LogP contribution is 2.43. The van der Waals surface area contributed by atoms with Crippen LogP contribution in [0.5, 0.6) is 0 Å². The fourth-order valence-electron chi connectivity index (χ4n) is 7.83. The Bertz CT molecular complexity index is 1090. The summed E-state index contributed by atoms with van der Waals surface area (Å²) >= 11 is 0. The molecule has 3 N–H and O–H groups in total. The summed E-state index contributed by atoms with van der Waals surface area (Å²) in [6.45, 7) is 3.75. The molecule has 0 aliphatic carbocycles. The highest BCUT2D eigenvalue weighted by Gasteiger charge is 2.26. The van der Waals surface area contributed by atoms with Gasteiger partial charge in [-0.3, -0.25) is 18.6 Å². The molecule has 0 heterocycles. The first-order chi connectivity index (χ1) is 30.8. The molecule has 0 aliphatic heterocycles. The second-order valence-corrected chi connectivity index (χ2v) is 19.5. The largest absolute Gasteiger partial charge is 0.472 e. The molecule has 0 bridgehead atoms. The van der Waals surface area contributed by atoms with Gasteiger partial charge >= 0.3 is 19.8 Å². The Hall–Kier alpha value is -1.51. The maximum atomic E-state index is 12.6. The second-order valence-electron chi connectivity index (χ2n) is 18.1. The standard InChI is InChI=1S/C53H102NO8P/c1-3-5-7-9-11-13-15-17-19-21-23-24-25-26-28-30-32-34-36-38-40-42-44-46-53(56)62-51(50-61-63(57,58)60-48-47-54)49-59-52(55)45-43-41-39-37-35-33-31-29-27-22-20-18-16-14-12-10-8-6-4-2/h30,32,38,40,51H,3-29,31,33-37,39,41-50,54H2,1-2H3,(H,57,58)/b32-30+,40-38+/t51-/m1/s1. The predicted octanol–water partition coefficient (Wildman–Crippen LogP) is 16.3. The second kappa shape index (κ2) is 49.9. The third-order valence-electron chi connectivity index (χ3n) is 11.8. The smallest absolute Gasteiger partial charge is 0.462 e. The normalized spacial score (nSPS) is 13.3. The first-order valence-corrected chi connectivity index (χ1v) is 28.3. The number of nitrogens with two attached hydrogens (primary N) is 1. The number of carbonyl (C=O) groups excluding carboxylic acids is 2. The number of carbonyl (C=O) groups is 2. The number of hydrogen-bond acceptors (Lipinski definition) is 8. The van der Waals surface area contributed by atoms with Crippen LogP contribution < -0.4 is 5.73 Å². The van der Waals surface area contributed by atoms with E-state index in [1.165, 1.54) is 193 Å². The third kappa shape index (κ3) is 49.8. The van der Waals surface area contributed by atoms with Gasteiger partial charge in [-0.15, -0.1) is 0 Å². The molecular weight excluding hydrogens is 810 g/mol. The fourth-order valence-corrected chi connectivity index (χ4v) is 8.60. The van der Waals surface area contributed by atoms with Crippen LogP contribution in [-0.4, -0.2) is 49.3 Å². The molecule has 0 amide bonds. The van der Waals surface area contributed by atoms with Crippen LogP contribution in [0, 0.1) is 0 Å². The zero-order valence-corrected chi connectivity index (χ0v) is 42.2. The average molecular weight is 912 g/mol. The van der Waals surface area contributed by atoms with Crippen LogP contribution in [0.3, 0.4) is 0 Å². The van der Waals surface area contributed by atoms with Gasteiger partial charge in [0.1, 0.15) is 6.61 Å². The Balaban J connectivity index is 4.05. The fraction of sp³-hybridized carbons (Fsp3) is 0.887. The molecule has 63 heavy (non-hydrogen) atoms. The monoisotopic (exact) mass is 912 g/mol. The number of unbranched alkanes of at least 4 members (excludes halogenated alkanes) is 34. The minimum Gasteiger partial charge on any atom is -0.462 e. The molecule has 2 atom stereocenters. The van der Waals surface area contributed by atoms with Crippen LogP contribution in [0.2, 0.25) is 0 Å². The summed E-state index contributed by atoms with van der Waals surface area (Å²) in [5.74, 6) is -0.863. The van der Waals surface area contributed by atoms with Crippen molar-refractivity contribution in [2.75, 3.05) is 26.4 Å². The van der Waals surface area contributed by atoms with Crippen molar-refractivity contribution in [2.45, 2.75) is 277 Å². The predicted molar refractivity (Wildman–Crippen MR) is 266 cm³/mol. The average Bonchev–Trinajstić information content (AvgIpc) is 3.27. The molecule has 0 spiro atoms. The SMILES string of the molecule is CCCCCCCCCCCCCCCC/C=C/CC/C=C/CCCC(=O)O[C@H](COC(=O)CCCCCCCCCCCCCCCCCCCCC)COP(=O)(O)OCCN. The van der Waals surface area contributed by atoms with Crippen LogP contribution in [0.1, 0.15) is 271 Å². The Kier molecular flexibility index (Phi) is 48.7. The number of allylic oxidation sites excluding steroid dienone is 4. The van der Waals surface area contributed by atoms with Crippen molar-refractivity contribution < 1.29 is 37.6 Å². The molecule has 0 aliphatic rings. The lowest BCUT2D eigenvalue weighted by Crippen LogP contribution is -2.29. The molecule has 0 aromatic rings. The van der Waals surface area contributed by atoms with E-state index in [0.717, 1.165) is 44.9 Å². The van der Waals surface area contributed by atoms with Crippen LogP contribution >= 0.6 is 7.82 Å². The van der Waals surface area contributed by atoms with E-state index in [4.69, 9.17) is 24.3 Å². The van der Waals surface area contributed by atoms with E-state index in [-0.39, 0.29) is 38.6 Å². The highest BCUT2D eigenvalue weighted by atomic mass is 31.2. The van der Waals surface area contributed by atoms with E-state index in [2.05, 4.69) is 38.2 Å². The zero-order chi connectivity index (χ0) is 46.0. The van der Waals surface area contributed by atoms with E-state index in [9.17, 15) is 19.0 Å². The first-order valence-electron chi connectivity index (χ1n) is 26.8. The quantitative estimate of drug-likeness (QED) is 0.0265. The molecule has 0 aromatic carbocycles. The number of ether oxygens (including phenoxy) is 2. The van der Waals surface area contributed by atoms with Gasteiger partial charge in [-0.05, 0) is 44.9 Å². The number of rotatable bonds is 51. The van der Waals surface area contributed by atoms with Gasteiger partial charge in [0, 0.05) is 19.4 Å². The lowest BCUT2D eigenvalue weighted by molar-refractivity contribution is -0.161. The van der Waals surface area contributed by atoms with E-state index in [0.29, 0.717) is 6.42 Å². The number of phosphoric ester groups is 1. The van der Waals surface area contributed by atoms with Gasteiger partial charge in [0.05, 0.1) is 13.2 Å². The van der Waals surface area contributed by atoms with Crippen molar-refractivity contribution in [1.82, 2.24) is 0 Å². The maximum absolute atomic E-state index is 12.6. The van der Waals surface area contributed by atoms with E-state index in [1.807, 2.05) is 0 Å². The van der Waals surface area contributed by atoms with Crippen molar-refractivity contribution in [2.24, 2.45) is 5.73 Å². The summed E-state index contributed by atoms with van der Waals surface area (Å²) in [6.07, 6.45) is 56.6. The molecule has 0 radical (unpaired) electrons. The maximum Gasteiger partial charge on any atom is 0.472 e. The van der Waals surface area contributed by atoms with Crippen molar-refractivity contribution in [3.63, 3.8) is 0 Å². The number of hydrogen-bond donors (Lipinski definition) is 2. The van der Waals surface area contributed by atoms with E-state index < -0.39 is 26.5 Å². The van der Waals surface area contributed by atoms with Gasteiger partial charge in [0.25, 0.3) is 0 Å². The minimum absolute atomic E-state index is 0.0497. The lowest BCUT2D eigenvalue weighted by Gasteiger charge is -2.19. The molecule has 9 nitrogen and oxygen atoms in total. The first kappa shape index (κ1) is 61.5. The van der Waals surface area contributed by atoms with E-state index >= 15 is 0 Å². The van der Waals surface area contributed by atoms with Crippen molar-refractivity contribution in [3.05, 3.63) is 24.3 Å². The summed E-state index contributed by atoms with van der Waals surface area (Å²) in [5, 5.41) is 0. The Morgan fingerprint density at radius 1 is 0.460 bits per heavy atom. The number of phosphoric acid groups is 1. The van der Waals surface area contributed by atoms with Crippen LogP contribution in [0.15, 0.2) is 24.3 Å². The molecule has 372 valence electrons.